The van der Waals surface area contributed by atoms with Gasteiger partial charge in [0, 0.05) is 25.1 Å². The predicted octanol–water partition coefficient (Wildman–Crippen LogP) is 1.95. The molecule has 7 nitrogen and oxygen atoms in total. The Morgan fingerprint density at radius 1 is 1.19 bits per heavy atom. The number of methoxy groups -OCH3 is 2. The number of Topliss-reactive ketones (excluding diaryl/α,β-unsaturated/α-hetero) is 1. The molecule has 0 aromatic heterocycles. The van der Waals surface area contributed by atoms with Gasteiger partial charge in [0.25, 0.3) is 0 Å². The first-order valence-corrected chi connectivity index (χ1v) is 9.17. The molecule has 1 aliphatic rings. The van der Waals surface area contributed by atoms with E-state index in [0.717, 1.165) is 12.8 Å². The fraction of sp³-hybridized carbons (Fsp3) is 0.550. The molecule has 1 fully saturated rings. The lowest BCUT2D eigenvalue weighted by atomic mass is 9.92. The van der Waals surface area contributed by atoms with E-state index >= 15 is 0 Å². The number of carbonyl (C=O) groups excluding carboxylic acids is 3. The second kappa shape index (κ2) is 9.39. The fourth-order valence-electron chi connectivity index (χ4n) is 3.54. The zero-order valence-corrected chi connectivity index (χ0v) is 16.2. The van der Waals surface area contributed by atoms with Gasteiger partial charge in [-0.05, 0) is 49.8 Å². The van der Waals surface area contributed by atoms with E-state index in [2.05, 4.69) is 0 Å². The molecule has 2 amide bonds. The van der Waals surface area contributed by atoms with Crippen molar-refractivity contribution in [2.45, 2.75) is 39.0 Å². The molecule has 0 unspecified atom stereocenters. The molecule has 148 valence electrons. The Labute approximate surface area is 159 Å². The quantitative estimate of drug-likeness (QED) is 0.699. The van der Waals surface area contributed by atoms with E-state index in [4.69, 9.17) is 15.2 Å². The first-order valence-electron chi connectivity index (χ1n) is 9.17. The van der Waals surface area contributed by atoms with Crippen molar-refractivity contribution in [3.05, 3.63) is 23.3 Å². The summed E-state index contributed by atoms with van der Waals surface area (Å²) in [7, 11) is 3.03. The minimum atomic E-state index is -0.310. The monoisotopic (exact) mass is 376 g/mol. The number of carbonyl (C=O) groups is 3. The summed E-state index contributed by atoms with van der Waals surface area (Å²) in [6.45, 7) is 2.78. The van der Waals surface area contributed by atoms with E-state index < -0.39 is 0 Å². The molecule has 1 aromatic carbocycles. The number of amides is 2. The van der Waals surface area contributed by atoms with Crippen molar-refractivity contribution >= 4 is 17.6 Å². The number of piperidine rings is 1. The highest BCUT2D eigenvalue weighted by Crippen LogP contribution is 2.31. The molecule has 1 heterocycles. The number of benzene rings is 1. The van der Waals surface area contributed by atoms with Gasteiger partial charge >= 0.3 is 0 Å². The van der Waals surface area contributed by atoms with E-state index in [1.54, 1.807) is 12.1 Å². The number of nitrogens with two attached hydrogens (primary N) is 1. The average Bonchev–Trinajstić information content (AvgIpc) is 2.65. The Morgan fingerprint density at radius 2 is 1.85 bits per heavy atom. The Balaban J connectivity index is 2.14. The number of nitrogens with zero attached hydrogens (tertiary/aromatic N) is 1. The van der Waals surface area contributed by atoms with Gasteiger partial charge in [0.05, 0.1) is 20.6 Å². The van der Waals surface area contributed by atoms with Crippen LogP contribution in [-0.4, -0.2) is 49.8 Å². The summed E-state index contributed by atoms with van der Waals surface area (Å²) in [4.78, 5) is 37.7. The summed E-state index contributed by atoms with van der Waals surface area (Å²) in [6.07, 6.45) is 3.07. The van der Waals surface area contributed by atoms with Crippen molar-refractivity contribution in [3.63, 3.8) is 0 Å². The van der Waals surface area contributed by atoms with E-state index in [1.807, 2.05) is 4.90 Å². The molecule has 0 saturated carbocycles. The average molecular weight is 376 g/mol. The molecule has 1 saturated heterocycles. The molecular weight excluding hydrogens is 348 g/mol. The van der Waals surface area contributed by atoms with Crippen molar-refractivity contribution < 1.29 is 23.9 Å². The number of ether oxygens (including phenoxy) is 2. The van der Waals surface area contributed by atoms with Crippen LogP contribution in [0.25, 0.3) is 0 Å². The Hall–Kier alpha value is -2.57. The van der Waals surface area contributed by atoms with Crippen LogP contribution in [0.15, 0.2) is 12.1 Å². The second-order valence-corrected chi connectivity index (χ2v) is 6.95. The van der Waals surface area contributed by atoms with Crippen LogP contribution in [0.5, 0.6) is 11.5 Å². The number of likely N-dealkylation sites (tertiary alicyclic amines) is 1. The maximum atomic E-state index is 12.8. The maximum absolute atomic E-state index is 12.8. The molecule has 2 rings (SSSR count). The molecule has 0 bridgehead atoms. The first kappa shape index (κ1) is 20.7. The number of rotatable bonds is 8. The van der Waals surface area contributed by atoms with Gasteiger partial charge in [-0.1, -0.05) is 0 Å². The molecule has 27 heavy (non-hydrogen) atoms. The van der Waals surface area contributed by atoms with E-state index in [1.165, 1.54) is 21.1 Å². The SMILES string of the molecule is COc1cc(CC(=O)N2CCC[C@@H](CCC(N)=O)C2)c(C(C)=O)cc1OC. The zero-order valence-electron chi connectivity index (χ0n) is 16.2. The molecule has 1 atom stereocenters. The molecule has 0 spiro atoms. The molecule has 2 N–H and O–H groups in total. The van der Waals surface area contributed by atoms with Crippen LogP contribution in [0, 0.1) is 5.92 Å². The molecule has 0 radical (unpaired) electrons. The Bertz CT molecular complexity index is 717. The lowest BCUT2D eigenvalue weighted by molar-refractivity contribution is -0.132. The summed E-state index contributed by atoms with van der Waals surface area (Å²) < 4.78 is 10.6. The van der Waals surface area contributed by atoms with Gasteiger partial charge in [-0.3, -0.25) is 14.4 Å². The topological polar surface area (TPSA) is 98.9 Å². The maximum Gasteiger partial charge on any atom is 0.227 e. The summed E-state index contributed by atoms with van der Waals surface area (Å²) in [5, 5.41) is 0. The third-order valence-corrected chi connectivity index (χ3v) is 5.00. The van der Waals surface area contributed by atoms with Crippen LogP contribution in [0.2, 0.25) is 0 Å². The van der Waals surface area contributed by atoms with E-state index in [0.29, 0.717) is 48.6 Å². The number of primary amides is 1. The molecule has 7 heteroatoms. The van der Waals surface area contributed by atoms with Gasteiger partial charge in [0.1, 0.15) is 0 Å². The van der Waals surface area contributed by atoms with Gasteiger partial charge in [0.2, 0.25) is 11.8 Å². The highest BCUT2D eigenvalue weighted by molar-refractivity contribution is 5.97. The van der Waals surface area contributed by atoms with Gasteiger partial charge in [-0.25, -0.2) is 0 Å². The summed E-state index contributed by atoms with van der Waals surface area (Å²) >= 11 is 0. The highest BCUT2D eigenvalue weighted by Gasteiger charge is 2.25. The van der Waals surface area contributed by atoms with Crippen LogP contribution in [0.1, 0.15) is 48.5 Å². The van der Waals surface area contributed by atoms with E-state index in [9.17, 15) is 14.4 Å². The van der Waals surface area contributed by atoms with Crippen molar-refractivity contribution in [1.29, 1.82) is 0 Å². The minimum Gasteiger partial charge on any atom is -0.493 e. The first-order chi connectivity index (χ1) is 12.8. The fourth-order valence-corrected chi connectivity index (χ4v) is 3.54. The van der Waals surface area contributed by atoms with E-state index in [-0.39, 0.29) is 29.9 Å². The van der Waals surface area contributed by atoms with Crippen LogP contribution in [0.3, 0.4) is 0 Å². The largest absolute Gasteiger partial charge is 0.493 e. The third kappa shape index (κ3) is 5.45. The molecule has 0 aliphatic carbocycles. The summed E-state index contributed by atoms with van der Waals surface area (Å²) in [6, 6.07) is 3.32. The zero-order chi connectivity index (χ0) is 20.0. The Morgan fingerprint density at radius 3 is 2.44 bits per heavy atom. The molecule has 1 aromatic rings. The molecular formula is C20H28N2O5. The number of hydrogen-bond donors (Lipinski definition) is 1. The Kier molecular flexibility index (Phi) is 7.21. The van der Waals surface area contributed by atoms with Gasteiger partial charge in [0.15, 0.2) is 17.3 Å². The van der Waals surface area contributed by atoms with Crippen LogP contribution in [0.4, 0.5) is 0 Å². The predicted molar refractivity (Wildman–Crippen MR) is 101 cm³/mol. The molecule has 1 aliphatic heterocycles. The van der Waals surface area contributed by atoms with Crippen LogP contribution in [-0.2, 0) is 16.0 Å². The van der Waals surface area contributed by atoms with Gasteiger partial charge < -0.3 is 20.1 Å². The van der Waals surface area contributed by atoms with Crippen LogP contribution < -0.4 is 15.2 Å². The number of ketones is 1. The van der Waals surface area contributed by atoms with Crippen LogP contribution >= 0.6 is 0 Å². The van der Waals surface area contributed by atoms with Crippen molar-refractivity contribution in [2.75, 3.05) is 27.3 Å². The second-order valence-electron chi connectivity index (χ2n) is 6.95. The number of hydrogen-bond acceptors (Lipinski definition) is 5. The van der Waals surface area contributed by atoms with Crippen molar-refractivity contribution in [3.8, 4) is 11.5 Å². The van der Waals surface area contributed by atoms with Crippen molar-refractivity contribution in [1.82, 2.24) is 4.90 Å². The lowest BCUT2D eigenvalue weighted by Crippen LogP contribution is -2.41. The smallest absolute Gasteiger partial charge is 0.227 e. The summed E-state index contributed by atoms with van der Waals surface area (Å²) in [5.74, 6) is 0.764. The standard InChI is InChI=1S/C20H28N2O5/c1-13(23)16-11-18(27-3)17(26-2)9-15(16)10-20(25)22-8-4-5-14(12-22)6-7-19(21)24/h9,11,14H,4-8,10,12H2,1-3H3,(H2,21,24)/t14-/m0/s1. The lowest BCUT2D eigenvalue weighted by Gasteiger charge is -2.33. The van der Waals surface area contributed by atoms with Gasteiger partial charge in [-0.2, -0.15) is 0 Å². The normalized spacial score (nSPS) is 16.7. The van der Waals surface area contributed by atoms with Gasteiger partial charge in [-0.15, -0.1) is 0 Å². The minimum absolute atomic E-state index is 0.0338. The van der Waals surface area contributed by atoms with Crippen molar-refractivity contribution in [2.24, 2.45) is 11.7 Å². The third-order valence-electron chi connectivity index (χ3n) is 5.00. The summed E-state index contributed by atoms with van der Waals surface area (Å²) in [5.41, 5.74) is 6.32. The highest BCUT2D eigenvalue weighted by atomic mass is 16.5.